The molecule has 0 heterocycles. The van der Waals surface area contributed by atoms with E-state index in [9.17, 15) is 0 Å². The highest BCUT2D eigenvalue weighted by Crippen LogP contribution is 2.38. The van der Waals surface area contributed by atoms with Crippen molar-refractivity contribution in [2.24, 2.45) is 4.99 Å². The lowest BCUT2D eigenvalue weighted by Crippen LogP contribution is -2.17. The SMILES string of the molecule is C/N=C1\CC[C@@H](c2ccc(Cl)c(Cl)c2)c2ccccc21. The summed E-state index contributed by atoms with van der Waals surface area (Å²) in [6, 6.07) is 14.4. The Hall–Kier alpha value is -1.31. The Morgan fingerprint density at radius 2 is 1.85 bits per heavy atom. The van der Waals surface area contributed by atoms with E-state index < -0.39 is 0 Å². The van der Waals surface area contributed by atoms with Gasteiger partial charge < -0.3 is 0 Å². The Morgan fingerprint density at radius 1 is 1.05 bits per heavy atom. The van der Waals surface area contributed by atoms with Gasteiger partial charge in [-0.1, -0.05) is 53.5 Å². The smallest absolute Gasteiger partial charge is 0.0595 e. The zero-order chi connectivity index (χ0) is 14.1. The predicted molar refractivity (Wildman–Crippen MR) is 86.4 cm³/mol. The molecule has 0 spiro atoms. The Morgan fingerprint density at radius 3 is 2.60 bits per heavy atom. The first-order chi connectivity index (χ1) is 9.70. The van der Waals surface area contributed by atoms with Crippen LogP contribution < -0.4 is 0 Å². The molecule has 3 rings (SSSR count). The molecule has 0 radical (unpaired) electrons. The fraction of sp³-hybridized carbons (Fsp3) is 0.235. The number of fused-ring (bicyclic) bond motifs is 1. The van der Waals surface area contributed by atoms with Crippen LogP contribution in [0.5, 0.6) is 0 Å². The number of aliphatic imine (C=N–C) groups is 1. The lowest BCUT2D eigenvalue weighted by atomic mass is 9.78. The van der Waals surface area contributed by atoms with Gasteiger partial charge in [0, 0.05) is 18.7 Å². The van der Waals surface area contributed by atoms with Gasteiger partial charge in [0.05, 0.1) is 10.0 Å². The highest BCUT2D eigenvalue weighted by Gasteiger charge is 2.25. The van der Waals surface area contributed by atoms with E-state index in [1.54, 1.807) is 0 Å². The van der Waals surface area contributed by atoms with Crippen molar-refractivity contribution in [3.05, 3.63) is 69.2 Å². The van der Waals surface area contributed by atoms with Gasteiger partial charge in [-0.3, -0.25) is 4.99 Å². The molecular weight excluding hydrogens is 289 g/mol. The number of hydrogen-bond donors (Lipinski definition) is 0. The minimum atomic E-state index is 0.367. The van der Waals surface area contributed by atoms with Crippen LogP contribution in [0.2, 0.25) is 10.0 Å². The van der Waals surface area contributed by atoms with Gasteiger partial charge in [-0.25, -0.2) is 0 Å². The summed E-state index contributed by atoms with van der Waals surface area (Å²) >= 11 is 12.2. The number of benzene rings is 2. The molecule has 0 amide bonds. The maximum atomic E-state index is 6.16. The van der Waals surface area contributed by atoms with E-state index in [0.29, 0.717) is 16.0 Å². The van der Waals surface area contributed by atoms with Gasteiger partial charge in [-0.2, -0.15) is 0 Å². The summed E-state index contributed by atoms with van der Waals surface area (Å²) < 4.78 is 0. The minimum Gasteiger partial charge on any atom is -0.292 e. The van der Waals surface area contributed by atoms with Crippen LogP contribution >= 0.6 is 23.2 Å². The normalized spacial score (nSPS) is 19.9. The van der Waals surface area contributed by atoms with E-state index in [2.05, 4.69) is 35.3 Å². The van der Waals surface area contributed by atoms with Crippen molar-refractivity contribution < 1.29 is 0 Å². The summed E-state index contributed by atoms with van der Waals surface area (Å²) in [7, 11) is 1.87. The average Bonchev–Trinajstić information content (AvgIpc) is 2.49. The van der Waals surface area contributed by atoms with Crippen molar-refractivity contribution in [3.8, 4) is 0 Å². The van der Waals surface area contributed by atoms with Crippen molar-refractivity contribution in [1.29, 1.82) is 0 Å². The molecule has 0 unspecified atom stereocenters. The van der Waals surface area contributed by atoms with Crippen molar-refractivity contribution in [2.45, 2.75) is 18.8 Å². The fourth-order valence-corrected chi connectivity index (χ4v) is 3.25. The Bertz CT molecular complexity index is 676. The second kappa shape index (κ2) is 5.59. The molecule has 0 aliphatic heterocycles. The fourth-order valence-electron chi connectivity index (χ4n) is 2.94. The third-order valence-electron chi connectivity index (χ3n) is 3.93. The highest BCUT2D eigenvalue weighted by molar-refractivity contribution is 6.42. The van der Waals surface area contributed by atoms with Crippen LogP contribution in [-0.2, 0) is 0 Å². The molecule has 20 heavy (non-hydrogen) atoms. The predicted octanol–water partition coefficient (Wildman–Crippen LogP) is 5.34. The van der Waals surface area contributed by atoms with Gasteiger partial charge in [-0.15, -0.1) is 0 Å². The zero-order valence-corrected chi connectivity index (χ0v) is 12.7. The van der Waals surface area contributed by atoms with Crippen LogP contribution in [0, 0.1) is 0 Å². The maximum absolute atomic E-state index is 6.16. The van der Waals surface area contributed by atoms with Gasteiger partial charge in [0.15, 0.2) is 0 Å². The molecule has 1 aliphatic carbocycles. The van der Waals surface area contributed by atoms with Gasteiger partial charge >= 0.3 is 0 Å². The molecule has 1 aliphatic rings. The van der Waals surface area contributed by atoms with Crippen LogP contribution in [0.25, 0.3) is 0 Å². The molecule has 0 N–H and O–H groups in total. The van der Waals surface area contributed by atoms with Crippen molar-refractivity contribution in [1.82, 2.24) is 0 Å². The monoisotopic (exact) mass is 303 g/mol. The van der Waals surface area contributed by atoms with Gasteiger partial charge in [-0.05, 0) is 41.7 Å². The number of hydrogen-bond acceptors (Lipinski definition) is 1. The maximum Gasteiger partial charge on any atom is 0.0595 e. The first-order valence-electron chi connectivity index (χ1n) is 6.70. The highest BCUT2D eigenvalue weighted by atomic mass is 35.5. The van der Waals surface area contributed by atoms with E-state index in [1.807, 2.05) is 19.2 Å². The Balaban J connectivity index is 2.09. The second-order valence-electron chi connectivity index (χ2n) is 5.02. The van der Waals surface area contributed by atoms with Crippen molar-refractivity contribution >= 4 is 28.9 Å². The number of halogens is 2. The van der Waals surface area contributed by atoms with Crippen LogP contribution in [-0.4, -0.2) is 12.8 Å². The number of nitrogens with zero attached hydrogens (tertiary/aromatic N) is 1. The number of rotatable bonds is 1. The lowest BCUT2D eigenvalue weighted by molar-refractivity contribution is 0.722. The van der Waals surface area contributed by atoms with Gasteiger partial charge in [0.1, 0.15) is 0 Å². The van der Waals surface area contributed by atoms with Gasteiger partial charge in [0.25, 0.3) is 0 Å². The molecule has 1 nitrogen and oxygen atoms in total. The van der Waals surface area contributed by atoms with Crippen LogP contribution in [0.1, 0.15) is 35.4 Å². The first kappa shape index (κ1) is 13.7. The summed E-state index contributed by atoms with van der Waals surface area (Å²) in [6.07, 6.45) is 2.06. The standard InChI is InChI=1S/C17H15Cl2N/c1-20-17-9-7-12(13-4-2-3-5-14(13)17)11-6-8-15(18)16(19)10-11/h2-6,8,10,12H,7,9H2,1H3/b20-17+/t12-/m0/s1. The quantitative estimate of drug-likeness (QED) is 0.674. The summed E-state index contributed by atoms with van der Waals surface area (Å²) in [6.45, 7) is 0. The van der Waals surface area contributed by atoms with Gasteiger partial charge in [0.2, 0.25) is 0 Å². The molecule has 102 valence electrons. The molecule has 2 aromatic rings. The second-order valence-corrected chi connectivity index (χ2v) is 5.84. The molecular formula is C17H15Cl2N. The van der Waals surface area contributed by atoms with Crippen LogP contribution in [0.4, 0.5) is 0 Å². The molecule has 0 fully saturated rings. The van der Waals surface area contributed by atoms with Crippen molar-refractivity contribution in [2.75, 3.05) is 7.05 Å². The van der Waals surface area contributed by atoms with E-state index in [4.69, 9.17) is 23.2 Å². The van der Waals surface area contributed by atoms with E-state index >= 15 is 0 Å². The summed E-state index contributed by atoms with van der Waals surface area (Å²) in [5.74, 6) is 0.367. The minimum absolute atomic E-state index is 0.367. The molecule has 0 aromatic heterocycles. The molecule has 1 atom stereocenters. The van der Waals surface area contributed by atoms with E-state index in [-0.39, 0.29) is 0 Å². The molecule has 0 saturated carbocycles. The third kappa shape index (κ3) is 2.36. The summed E-state index contributed by atoms with van der Waals surface area (Å²) in [5, 5.41) is 1.23. The first-order valence-corrected chi connectivity index (χ1v) is 7.46. The van der Waals surface area contributed by atoms with Crippen molar-refractivity contribution in [3.63, 3.8) is 0 Å². The molecule has 0 bridgehead atoms. The van der Waals surface area contributed by atoms with E-state index in [0.717, 1.165) is 12.8 Å². The van der Waals surface area contributed by atoms with E-state index in [1.165, 1.54) is 22.4 Å². The third-order valence-corrected chi connectivity index (χ3v) is 4.67. The Labute approximate surface area is 129 Å². The average molecular weight is 304 g/mol. The summed E-state index contributed by atoms with van der Waals surface area (Å²) in [5.41, 5.74) is 5.01. The topological polar surface area (TPSA) is 12.4 Å². The molecule has 3 heteroatoms. The van der Waals surface area contributed by atoms with Crippen LogP contribution in [0.3, 0.4) is 0 Å². The Kier molecular flexibility index (Phi) is 3.82. The molecule has 0 saturated heterocycles. The lowest BCUT2D eigenvalue weighted by Gasteiger charge is -2.27. The van der Waals surface area contributed by atoms with Crippen LogP contribution in [0.15, 0.2) is 47.5 Å². The largest absolute Gasteiger partial charge is 0.292 e. The summed E-state index contributed by atoms with van der Waals surface area (Å²) in [4.78, 5) is 4.42. The molecule has 2 aromatic carbocycles. The zero-order valence-electron chi connectivity index (χ0n) is 11.2.